The van der Waals surface area contributed by atoms with E-state index in [4.69, 9.17) is 0 Å². The van der Waals surface area contributed by atoms with Gasteiger partial charge in [0.05, 0.1) is 5.56 Å². The first-order valence-electron chi connectivity index (χ1n) is 8.15. The maximum absolute atomic E-state index is 12.8. The molecule has 3 rings (SSSR count). The van der Waals surface area contributed by atoms with Crippen molar-refractivity contribution in [2.24, 2.45) is 7.05 Å². The van der Waals surface area contributed by atoms with E-state index in [2.05, 4.69) is 17.5 Å². The normalized spacial score (nSPS) is 18.1. The van der Waals surface area contributed by atoms with Gasteiger partial charge in [0.1, 0.15) is 0 Å². The Labute approximate surface area is 140 Å². The zero-order chi connectivity index (χ0) is 16.2. The number of hydrogen-bond acceptors (Lipinski definition) is 3. The van der Waals surface area contributed by atoms with E-state index in [9.17, 15) is 9.59 Å². The standard InChI is InChI=1S/C18H22N2O2S/c1-19-13-14(7-10-17(19)21)18(22)20-11-3-2-5-15(20)8-9-16-6-4-12-23-16/h4,6-7,10,12-13,15H,2-3,5,8-9,11H2,1H3/t15-/m0/s1. The summed E-state index contributed by atoms with van der Waals surface area (Å²) in [5.41, 5.74) is 0.518. The summed E-state index contributed by atoms with van der Waals surface area (Å²) in [6, 6.07) is 7.66. The zero-order valence-electron chi connectivity index (χ0n) is 13.4. The van der Waals surface area contributed by atoms with E-state index in [0.29, 0.717) is 11.6 Å². The minimum atomic E-state index is -0.0885. The number of carbonyl (C=O) groups is 1. The van der Waals surface area contributed by atoms with Crippen LogP contribution in [0.2, 0.25) is 0 Å². The van der Waals surface area contributed by atoms with Crippen molar-refractivity contribution < 1.29 is 4.79 Å². The zero-order valence-corrected chi connectivity index (χ0v) is 14.2. The number of aromatic nitrogens is 1. The molecule has 0 aromatic carbocycles. The van der Waals surface area contributed by atoms with Gasteiger partial charge in [0.2, 0.25) is 5.56 Å². The summed E-state index contributed by atoms with van der Waals surface area (Å²) in [5, 5.41) is 2.10. The second-order valence-corrected chi connectivity index (χ2v) is 7.17. The number of piperidine rings is 1. The van der Waals surface area contributed by atoms with Gasteiger partial charge >= 0.3 is 0 Å². The molecule has 1 aliphatic heterocycles. The molecule has 122 valence electrons. The van der Waals surface area contributed by atoms with Gasteiger partial charge in [0.25, 0.3) is 5.91 Å². The maximum Gasteiger partial charge on any atom is 0.255 e. The number of aryl methyl sites for hydroxylation is 2. The third kappa shape index (κ3) is 3.72. The smallest absolute Gasteiger partial charge is 0.255 e. The van der Waals surface area contributed by atoms with Crippen molar-refractivity contribution in [1.29, 1.82) is 0 Å². The fraction of sp³-hybridized carbons (Fsp3) is 0.444. The highest BCUT2D eigenvalue weighted by Gasteiger charge is 2.27. The first kappa shape index (κ1) is 16.0. The molecule has 1 amide bonds. The number of carbonyl (C=O) groups excluding carboxylic acids is 1. The highest BCUT2D eigenvalue weighted by Crippen LogP contribution is 2.24. The van der Waals surface area contributed by atoms with Crippen LogP contribution in [0.25, 0.3) is 0 Å². The van der Waals surface area contributed by atoms with E-state index in [-0.39, 0.29) is 11.5 Å². The SMILES string of the molecule is Cn1cc(C(=O)N2CCCC[C@H]2CCc2cccs2)ccc1=O. The number of hydrogen-bond donors (Lipinski definition) is 0. The van der Waals surface area contributed by atoms with Gasteiger partial charge in [-0.25, -0.2) is 0 Å². The Bertz CT molecular complexity index is 721. The molecule has 23 heavy (non-hydrogen) atoms. The van der Waals surface area contributed by atoms with Crippen molar-refractivity contribution in [3.05, 3.63) is 56.6 Å². The van der Waals surface area contributed by atoms with Crippen molar-refractivity contribution in [2.75, 3.05) is 6.54 Å². The van der Waals surface area contributed by atoms with Crippen LogP contribution in [0.5, 0.6) is 0 Å². The average molecular weight is 330 g/mol. The Morgan fingerprint density at radius 2 is 2.17 bits per heavy atom. The predicted molar refractivity (Wildman–Crippen MR) is 93.0 cm³/mol. The lowest BCUT2D eigenvalue weighted by molar-refractivity contribution is 0.0601. The molecule has 0 bridgehead atoms. The molecule has 1 atom stereocenters. The van der Waals surface area contributed by atoms with E-state index < -0.39 is 0 Å². The number of likely N-dealkylation sites (tertiary alicyclic amines) is 1. The lowest BCUT2D eigenvalue weighted by Gasteiger charge is -2.36. The summed E-state index contributed by atoms with van der Waals surface area (Å²) in [5.74, 6) is 0.0523. The van der Waals surface area contributed by atoms with Gasteiger partial charge in [-0.2, -0.15) is 0 Å². The molecule has 1 aliphatic rings. The number of pyridine rings is 1. The Hall–Kier alpha value is -1.88. The Morgan fingerprint density at radius 1 is 1.30 bits per heavy atom. The minimum absolute atomic E-state index is 0.0523. The van der Waals surface area contributed by atoms with Gasteiger partial charge in [0.15, 0.2) is 0 Å². The van der Waals surface area contributed by atoms with E-state index >= 15 is 0 Å². The number of nitrogens with zero attached hydrogens (tertiary/aromatic N) is 2. The van der Waals surface area contributed by atoms with E-state index in [1.165, 1.54) is 21.9 Å². The first-order valence-corrected chi connectivity index (χ1v) is 9.03. The summed E-state index contributed by atoms with van der Waals surface area (Å²) >= 11 is 1.78. The molecule has 0 saturated carbocycles. The van der Waals surface area contributed by atoms with Crippen LogP contribution in [0, 0.1) is 0 Å². The second-order valence-electron chi connectivity index (χ2n) is 6.13. The Morgan fingerprint density at radius 3 is 2.91 bits per heavy atom. The largest absolute Gasteiger partial charge is 0.336 e. The van der Waals surface area contributed by atoms with Gasteiger partial charge in [-0.1, -0.05) is 6.07 Å². The summed E-state index contributed by atoms with van der Waals surface area (Å²) < 4.78 is 1.47. The molecule has 0 aliphatic carbocycles. The molecule has 0 unspecified atom stereocenters. The molecular weight excluding hydrogens is 308 g/mol. The quantitative estimate of drug-likeness (QED) is 0.864. The molecule has 1 saturated heterocycles. The van der Waals surface area contributed by atoms with Crippen LogP contribution in [0.15, 0.2) is 40.6 Å². The van der Waals surface area contributed by atoms with Crippen LogP contribution in [-0.4, -0.2) is 28.0 Å². The second kappa shape index (κ2) is 7.13. The van der Waals surface area contributed by atoms with Gasteiger partial charge in [-0.3, -0.25) is 9.59 Å². The molecule has 0 N–H and O–H groups in total. The molecule has 5 heteroatoms. The number of thiophene rings is 1. The van der Waals surface area contributed by atoms with Crippen LogP contribution >= 0.6 is 11.3 Å². The molecule has 2 aromatic rings. The summed E-state index contributed by atoms with van der Waals surface area (Å²) in [4.78, 5) is 27.7. The van der Waals surface area contributed by atoms with Crippen molar-refractivity contribution in [1.82, 2.24) is 9.47 Å². The molecule has 2 aromatic heterocycles. The van der Waals surface area contributed by atoms with E-state index in [1.54, 1.807) is 30.6 Å². The topological polar surface area (TPSA) is 42.3 Å². The number of rotatable bonds is 4. The third-order valence-corrected chi connectivity index (χ3v) is 5.46. The van der Waals surface area contributed by atoms with Crippen molar-refractivity contribution in [3.63, 3.8) is 0 Å². The molecule has 3 heterocycles. The fourth-order valence-corrected chi connectivity index (χ4v) is 3.94. The van der Waals surface area contributed by atoms with Gasteiger partial charge in [-0.05, 0) is 49.6 Å². The predicted octanol–water partition coefficient (Wildman–Crippen LogP) is 3.07. The Balaban J connectivity index is 1.73. The molecule has 4 nitrogen and oxygen atoms in total. The average Bonchev–Trinajstić information content (AvgIpc) is 3.08. The lowest BCUT2D eigenvalue weighted by atomic mass is 9.96. The molecular formula is C18H22N2O2S. The Kier molecular flexibility index (Phi) is 4.96. The highest BCUT2D eigenvalue weighted by molar-refractivity contribution is 7.09. The summed E-state index contributed by atoms with van der Waals surface area (Å²) in [6.07, 6.45) is 7.01. The molecule has 1 fully saturated rings. The van der Waals surface area contributed by atoms with Crippen LogP contribution in [0.4, 0.5) is 0 Å². The van der Waals surface area contributed by atoms with Gasteiger partial charge < -0.3 is 9.47 Å². The van der Waals surface area contributed by atoms with E-state index in [0.717, 1.165) is 32.2 Å². The molecule has 0 spiro atoms. The van der Waals surface area contributed by atoms with Crippen LogP contribution in [0.1, 0.15) is 40.9 Å². The first-order chi connectivity index (χ1) is 11.1. The van der Waals surface area contributed by atoms with Gasteiger partial charge in [-0.15, -0.1) is 11.3 Å². The summed E-state index contributed by atoms with van der Waals surface area (Å²) in [6.45, 7) is 0.816. The van der Waals surface area contributed by atoms with Crippen LogP contribution < -0.4 is 5.56 Å². The van der Waals surface area contributed by atoms with Crippen molar-refractivity contribution in [2.45, 2.75) is 38.1 Å². The van der Waals surface area contributed by atoms with Crippen molar-refractivity contribution in [3.8, 4) is 0 Å². The van der Waals surface area contributed by atoms with E-state index in [1.807, 2.05) is 4.90 Å². The highest BCUT2D eigenvalue weighted by atomic mass is 32.1. The third-order valence-electron chi connectivity index (χ3n) is 4.52. The van der Waals surface area contributed by atoms with Crippen molar-refractivity contribution >= 4 is 17.2 Å². The van der Waals surface area contributed by atoms with Gasteiger partial charge in [0, 0.05) is 36.8 Å². The monoisotopic (exact) mass is 330 g/mol. The maximum atomic E-state index is 12.8. The van der Waals surface area contributed by atoms with Crippen LogP contribution in [-0.2, 0) is 13.5 Å². The minimum Gasteiger partial charge on any atom is -0.336 e. The number of amides is 1. The summed E-state index contributed by atoms with van der Waals surface area (Å²) in [7, 11) is 1.68. The lowest BCUT2D eigenvalue weighted by Crippen LogP contribution is -2.44. The fourth-order valence-electron chi connectivity index (χ4n) is 3.22. The molecule has 0 radical (unpaired) electrons. The van der Waals surface area contributed by atoms with Crippen LogP contribution in [0.3, 0.4) is 0 Å².